The van der Waals surface area contributed by atoms with Gasteiger partial charge in [-0.1, -0.05) is 23.7 Å². The number of rotatable bonds is 2. The van der Waals surface area contributed by atoms with Gasteiger partial charge in [-0.2, -0.15) is 0 Å². The molecule has 0 atom stereocenters. The van der Waals surface area contributed by atoms with Crippen molar-refractivity contribution >= 4 is 27.5 Å². The Hall–Kier alpha value is -0.0900. The average molecular weight is 236 g/mol. The molecular weight excluding hydrogens is 227 g/mol. The van der Waals surface area contributed by atoms with Crippen LogP contribution < -0.4 is 11.3 Å². The summed E-state index contributed by atoms with van der Waals surface area (Å²) in [7, 11) is 0. The van der Waals surface area contributed by atoms with Gasteiger partial charge in [0.15, 0.2) is 0 Å². The molecule has 1 aromatic carbocycles. The molecule has 0 spiro atoms. The van der Waals surface area contributed by atoms with E-state index in [1.54, 1.807) is 0 Å². The lowest BCUT2D eigenvalue weighted by molar-refractivity contribution is 0.739. The Bertz CT molecular complexity index is 252. The Morgan fingerprint density at radius 1 is 1.55 bits per heavy atom. The van der Waals surface area contributed by atoms with Gasteiger partial charge >= 0.3 is 0 Å². The Morgan fingerprint density at radius 3 is 2.91 bits per heavy atom. The summed E-state index contributed by atoms with van der Waals surface area (Å²) in [6, 6.07) is 5.67. The highest BCUT2D eigenvalue weighted by atomic mass is 79.9. The lowest BCUT2D eigenvalue weighted by atomic mass is 10.2. The van der Waals surface area contributed by atoms with Crippen molar-refractivity contribution < 1.29 is 0 Å². The van der Waals surface area contributed by atoms with Gasteiger partial charge in [0.05, 0.1) is 5.02 Å². The summed E-state index contributed by atoms with van der Waals surface area (Å²) >= 11 is 9.19. The van der Waals surface area contributed by atoms with Crippen molar-refractivity contribution in [3.63, 3.8) is 0 Å². The van der Waals surface area contributed by atoms with Crippen molar-refractivity contribution in [2.45, 2.75) is 6.54 Å². The fourth-order valence-electron chi connectivity index (χ4n) is 0.795. The highest BCUT2D eigenvalue weighted by Crippen LogP contribution is 2.25. The number of hydrogen-bond donors (Lipinski definition) is 2. The zero-order valence-electron chi connectivity index (χ0n) is 5.77. The quantitative estimate of drug-likeness (QED) is 0.608. The van der Waals surface area contributed by atoms with E-state index >= 15 is 0 Å². The standard InChI is InChI=1S/C7H8BrClN2/c8-7-5(4-11-10)2-1-3-6(7)9/h1-3,11H,4,10H2. The van der Waals surface area contributed by atoms with Crippen LogP contribution in [0.3, 0.4) is 0 Å². The molecule has 0 saturated carbocycles. The normalized spacial score (nSPS) is 10.1. The van der Waals surface area contributed by atoms with Crippen molar-refractivity contribution in [1.82, 2.24) is 5.43 Å². The minimum absolute atomic E-state index is 0.612. The van der Waals surface area contributed by atoms with Gasteiger partial charge in [0.1, 0.15) is 0 Å². The highest BCUT2D eigenvalue weighted by molar-refractivity contribution is 9.10. The average Bonchev–Trinajstić information content (AvgIpc) is 1.99. The molecule has 0 heterocycles. The van der Waals surface area contributed by atoms with Crippen LogP contribution >= 0.6 is 27.5 Å². The van der Waals surface area contributed by atoms with Crippen LogP contribution in [-0.4, -0.2) is 0 Å². The van der Waals surface area contributed by atoms with Crippen LogP contribution in [0.15, 0.2) is 22.7 Å². The largest absolute Gasteiger partial charge is 0.271 e. The molecule has 11 heavy (non-hydrogen) atoms. The molecule has 0 bridgehead atoms. The second-order valence-corrected chi connectivity index (χ2v) is 3.29. The summed E-state index contributed by atoms with van der Waals surface area (Å²) in [6.07, 6.45) is 0. The molecule has 0 aliphatic heterocycles. The topological polar surface area (TPSA) is 38.0 Å². The summed E-state index contributed by atoms with van der Waals surface area (Å²) in [6.45, 7) is 0.612. The number of halogens is 2. The van der Waals surface area contributed by atoms with Gasteiger partial charge in [0.2, 0.25) is 0 Å². The van der Waals surface area contributed by atoms with Gasteiger partial charge < -0.3 is 0 Å². The van der Waals surface area contributed by atoms with Crippen molar-refractivity contribution in [2.75, 3.05) is 0 Å². The van der Waals surface area contributed by atoms with Gasteiger partial charge in [-0.05, 0) is 27.6 Å². The van der Waals surface area contributed by atoms with E-state index in [0.29, 0.717) is 11.6 Å². The van der Waals surface area contributed by atoms with Gasteiger partial charge in [-0.25, -0.2) is 0 Å². The third-order valence-electron chi connectivity index (χ3n) is 1.32. The molecular formula is C7H8BrClN2. The number of benzene rings is 1. The summed E-state index contributed by atoms with van der Waals surface area (Å²) in [5.74, 6) is 5.17. The fourth-order valence-corrected chi connectivity index (χ4v) is 1.39. The van der Waals surface area contributed by atoms with Gasteiger partial charge in [0.25, 0.3) is 0 Å². The molecule has 1 aromatic rings. The van der Waals surface area contributed by atoms with Crippen LogP contribution in [0.1, 0.15) is 5.56 Å². The second-order valence-electron chi connectivity index (χ2n) is 2.09. The maximum atomic E-state index is 5.83. The van der Waals surface area contributed by atoms with E-state index in [1.165, 1.54) is 0 Å². The lowest BCUT2D eigenvalue weighted by Gasteiger charge is -2.03. The molecule has 60 valence electrons. The second kappa shape index (κ2) is 4.07. The molecule has 0 aliphatic rings. The van der Waals surface area contributed by atoms with Gasteiger partial charge in [0, 0.05) is 11.0 Å². The van der Waals surface area contributed by atoms with Crippen molar-refractivity contribution in [3.8, 4) is 0 Å². The third-order valence-corrected chi connectivity index (χ3v) is 2.80. The van der Waals surface area contributed by atoms with E-state index in [0.717, 1.165) is 10.0 Å². The van der Waals surface area contributed by atoms with E-state index in [-0.39, 0.29) is 0 Å². The summed E-state index contributed by atoms with van der Waals surface area (Å²) in [5, 5.41) is 0.706. The first kappa shape index (κ1) is 9.00. The molecule has 3 N–H and O–H groups in total. The Labute approximate surface area is 78.8 Å². The Kier molecular flexibility index (Phi) is 3.33. The molecule has 4 heteroatoms. The van der Waals surface area contributed by atoms with E-state index in [1.807, 2.05) is 18.2 Å². The predicted octanol–water partition coefficient (Wildman–Crippen LogP) is 2.07. The van der Waals surface area contributed by atoms with E-state index < -0.39 is 0 Å². The molecule has 0 radical (unpaired) electrons. The zero-order chi connectivity index (χ0) is 8.27. The predicted molar refractivity (Wildman–Crippen MR) is 50.2 cm³/mol. The SMILES string of the molecule is NNCc1cccc(Cl)c1Br. The number of nitrogens with two attached hydrogens (primary N) is 1. The molecule has 0 aliphatic carbocycles. The van der Waals surface area contributed by atoms with Crippen LogP contribution in [-0.2, 0) is 6.54 Å². The lowest BCUT2D eigenvalue weighted by Crippen LogP contribution is -2.21. The number of nitrogens with one attached hydrogen (secondary N) is 1. The molecule has 0 amide bonds. The maximum absolute atomic E-state index is 5.83. The van der Waals surface area contributed by atoms with Crippen molar-refractivity contribution in [1.29, 1.82) is 0 Å². The van der Waals surface area contributed by atoms with Crippen LogP contribution in [0, 0.1) is 0 Å². The smallest absolute Gasteiger partial charge is 0.0551 e. The summed E-state index contributed by atoms with van der Waals surface area (Å²) in [4.78, 5) is 0. The Balaban J connectivity index is 2.96. The summed E-state index contributed by atoms with van der Waals surface area (Å²) < 4.78 is 0.902. The molecule has 0 aromatic heterocycles. The maximum Gasteiger partial charge on any atom is 0.0551 e. The van der Waals surface area contributed by atoms with E-state index in [9.17, 15) is 0 Å². The minimum Gasteiger partial charge on any atom is -0.271 e. The van der Waals surface area contributed by atoms with Crippen LogP contribution in [0.5, 0.6) is 0 Å². The summed E-state index contributed by atoms with van der Waals surface area (Å²) in [5.41, 5.74) is 3.62. The fraction of sp³-hybridized carbons (Fsp3) is 0.143. The first-order chi connectivity index (χ1) is 5.25. The third kappa shape index (κ3) is 2.17. The van der Waals surface area contributed by atoms with Crippen LogP contribution in [0.4, 0.5) is 0 Å². The van der Waals surface area contributed by atoms with Crippen LogP contribution in [0.2, 0.25) is 5.02 Å². The first-order valence-corrected chi connectivity index (χ1v) is 4.29. The monoisotopic (exact) mass is 234 g/mol. The van der Waals surface area contributed by atoms with Crippen LogP contribution in [0.25, 0.3) is 0 Å². The molecule has 2 nitrogen and oxygen atoms in total. The molecule has 1 rings (SSSR count). The molecule has 0 fully saturated rings. The molecule has 0 saturated heterocycles. The number of hydrogen-bond acceptors (Lipinski definition) is 2. The zero-order valence-corrected chi connectivity index (χ0v) is 8.11. The Morgan fingerprint density at radius 2 is 2.27 bits per heavy atom. The van der Waals surface area contributed by atoms with Crippen molar-refractivity contribution in [2.24, 2.45) is 5.84 Å². The van der Waals surface area contributed by atoms with Crippen molar-refractivity contribution in [3.05, 3.63) is 33.3 Å². The highest BCUT2D eigenvalue weighted by Gasteiger charge is 2.01. The first-order valence-electron chi connectivity index (χ1n) is 3.12. The minimum atomic E-state index is 0.612. The number of hydrazine groups is 1. The van der Waals surface area contributed by atoms with E-state index in [4.69, 9.17) is 17.4 Å². The van der Waals surface area contributed by atoms with Gasteiger partial charge in [-0.15, -0.1) is 0 Å². The van der Waals surface area contributed by atoms with E-state index in [2.05, 4.69) is 21.4 Å². The molecule has 0 unspecified atom stereocenters. The van der Waals surface area contributed by atoms with Gasteiger partial charge in [-0.3, -0.25) is 11.3 Å².